The number of nitrogens with zero attached hydrogens (tertiary/aromatic N) is 3. The Hall–Kier alpha value is -2.20. The molecule has 0 spiro atoms. The number of fused-ring (bicyclic) bond motifs is 1. The van der Waals surface area contributed by atoms with Crippen LogP contribution in [0.25, 0.3) is 16.6 Å². The Morgan fingerprint density at radius 1 is 1.15 bits per heavy atom. The van der Waals surface area contributed by atoms with Gasteiger partial charge in [0.1, 0.15) is 0 Å². The first-order valence-electron chi connectivity index (χ1n) is 9.37. The lowest BCUT2D eigenvalue weighted by Crippen LogP contribution is -2.24. The molecular weight excluding hydrogens is 346 g/mol. The molecule has 2 saturated carbocycles. The van der Waals surface area contributed by atoms with Gasteiger partial charge >= 0.3 is 5.69 Å². The molecule has 0 atom stereocenters. The van der Waals surface area contributed by atoms with Crippen LogP contribution < -0.4 is 5.69 Å². The molecular formula is C21H20ClN3O. The molecule has 5 heteroatoms. The lowest BCUT2D eigenvalue weighted by Gasteiger charge is -2.14. The number of benzene rings is 1. The third-order valence-electron chi connectivity index (χ3n) is 5.51. The summed E-state index contributed by atoms with van der Waals surface area (Å²) in [7, 11) is 0. The molecule has 2 aromatic heterocycles. The first-order chi connectivity index (χ1) is 12.7. The zero-order valence-corrected chi connectivity index (χ0v) is 15.2. The fourth-order valence-corrected chi connectivity index (χ4v) is 3.90. The van der Waals surface area contributed by atoms with E-state index < -0.39 is 0 Å². The van der Waals surface area contributed by atoms with Crippen LogP contribution in [-0.2, 0) is 6.42 Å². The minimum absolute atomic E-state index is 0.272. The first-order valence-corrected chi connectivity index (χ1v) is 9.75. The number of hydrogen-bond acceptors (Lipinski definition) is 3. The molecule has 26 heavy (non-hydrogen) atoms. The third kappa shape index (κ3) is 2.92. The molecule has 0 radical (unpaired) electrons. The van der Waals surface area contributed by atoms with Crippen LogP contribution in [0.2, 0.25) is 5.15 Å². The van der Waals surface area contributed by atoms with E-state index in [2.05, 4.69) is 28.2 Å². The Morgan fingerprint density at radius 3 is 2.73 bits per heavy atom. The van der Waals surface area contributed by atoms with Gasteiger partial charge in [0, 0.05) is 11.6 Å². The SMILES string of the molecule is O=c1nc(CCC2CC2)c2ccc(C3CC3)cc2n1-c1cccnc1Cl. The van der Waals surface area contributed by atoms with Crippen LogP contribution in [0.1, 0.15) is 49.3 Å². The van der Waals surface area contributed by atoms with E-state index in [-0.39, 0.29) is 5.69 Å². The number of aryl methyl sites for hydroxylation is 1. The maximum Gasteiger partial charge on any atom is 0.352 e. The summed E-state index contributed by atoms with van der Waals surface area (Å²) in [6, 6.07) is 10.1. The number of aromatic nitrogens is 3. The smallest absolute Gasteiger partial charge is 0.257 e. The second-order valence-corrected chi connectivity index (χ2v) is 7.88. The molecule has 4 nitrogen and oxygen atoms in total. The maximum absolute atomic E-state index is 12.9. The van der Waals surface area contributed by atoms with Gasteiger partial charge in [0.05, 0.1) is 16.9 Å². The van der Waals surface area contributed by atoms with Crippen LogP contribution in [0.3, 0.4) is 0 Å². The van der Waals surface area contributed by atoms with Crippen LogP contribution in [0.5, 0.6) is 0 Å². The average molecular weight is 366 g/mol. The van der Waals surface area contributed by atoms with Gasteiger partial charge < -0.3 is 0 Å². The summed E-state index contributed by atoms with van der Waals surface area (Å²) in [6.45, 7) is 0. The molecule has 0 aliphatic heterocycles. The summed E-state index contributed by atoms with van der Waals surface area (Å²) in [6.07, 6.45) is 8.68. The van der Waals surface area contributed by atoms with E-state index >= 15 is 0 Å². The molecule has 1 aromatic carbocycles. The van der Waals surface area contributed by atoms with Gasteiger partial charge in [0.15, 0.2) is 5.15 Å². The lowest BCUT2D eigenvalue weighted by molar-refractivity contribution is 0.711. The van der Waals surface area contributed by atoms with Gasteiger partial charge in [-0.05, 0) is 61.3 Å². The predicted octanol–water partition coefficient (Wildman–Crippen LogP) is 4.65. The molecule has 2 heterocycles. The minimum Gasteiger partial charge on any atom is -0.257 e. The van der Waals surface area contributed by atoms with E-state index in [1.807, 2.05) is 6.07 Å². The monoisotopic (exact) mass is 365 g/mol. The fraction of sp³-hybridized carbons (Fsp3) is 0.381. The second-order valence-electron chi connectivity index (χ2n) is 7.52. The summed E-state index contributed by atoms with van der Waals surface area (Å²) >= 11 is 6.30. The molecule has 5 rings (SSSR count). The molecule has 0 saturated heterocycles. The van der Waals surface area contributed by atoms with Gasteiger partial charge in [0.25, 0.3) is 0 Å². The summed E-state index contributed by atoms with van der Waals surface area (Å²) in [5.41, 5.74) is 3.43. The topological polar surface area (TPSA) is 47.8 Å². The van der Waals surface area contributed by atoms with E-state index in [4.69, 9.17) is 11.6 Å². The van der Waals surface area contributed by atoms with Crippen molar-refractivity contribution < 1.29 is 0 Å². The molecule has 2 aliphatic carbocycles. The number of hydrogen-bond donors (Lipinski definition) is 0. The van der Waals surface area contributed by atoms with Crippen LogP contribution in [0, 0.1) is 5.92 Å². The molecule has 0 N–H and O–H groups in total. The van der Waals surface area contributed by atoms with Crippen molar-refractivity contribution in [1.82, 2.24) is 14.5 Å². The van der Waals surface area contributed by atoms with Crippen molar-refractivity contribution in [3.63, 3.8) is 0 Å². The second kappa shape index (κ2) is 6.20. The van der Waals surface area contributed by atoms with Gasteiger partial charge in [-0.1, -0.05) is 36.6 Å². The van der Waals surface area contributed by atoms with Crippen LogP contribution in [-0.4, -0.2) is 14.5 Å². The largest absolute Gasteiger partial charge is 0.352 e. The summed E-state index contributed by atoms with van der Waals surface area (Å²) < 4.78 is 1.62. The Bertz CT molecular complexity index is 1050. The van der Waals surface area contributed by atoms with Gasteiger partial charge in [-0.15, -0.1) is 0 Å². The highest BCUT2D eigenvalue weighted by molar-refractivity contribution is 6.31. The van der Waals surface area contributed by atoms with E-state index in [1.54, 1.807) is 16.8 Å². The zero-order valence-electron chi connectivity index (χ0n) is 14.5. The van der Waals surface area contributed by atoms with E-state index in [0.29, 0.717) is 16.8 Å². The van der Waals surface area contributed by atoms with Crippen molar-refractivity contribution in [3.8, 4) is 5.69 Å². The van der Waals surface area contributed by atoms with Gasteiger partial charge in [-0.2, -0.15) is 4.98 Å². The number of rotatable bonds is 5. The zero-order chi connectivity index (χ0) is 17.7. The highest BCUT2D eigenvalue weighted by atomic mass is 35.5. The minimum atomic E-state index is -0.272. The van der Waals surface area contributed by atoms with Gasteiger partial charge in [0.2, 0.25) is 0 Å². The van der Waals surface area contributed by atoms with Crippen LogP contribution >= 0.6 is 11.6 Å². The normalized spacial score (nSPS) is 17.0. The molecule has 132 valence electrons. The Labute approximate surface area is 156 Å². The highest BCUT2D eigenvalue weighted by Crippen LogP contribution is 2.41. The first kappa shape index (κ1) is 16.0. The molecule has 0 bridgehead atoms. The maximum atomic E-state index is 12.9. The standard InChI is InChI=1S/C21H20ClN3O/c22-20-18(2-1-11-23-20)25-19-12-15(14-6-7-14)8-9-16(19)17(24-21(25)26)10-5-13-3-4-13/h1-2,8-9,11-14H,3-7,10H2. The molecule has 3 aromatic rings. The van der Waals surface area contributed by atoms with Crippen LogP contribution in [0.4, 0.5) is 0 Å². The fourth-order valence-electron chi connectivity index (χ4n) is 3.69. The van der Waals surface area contributed by atoms with Crippen molar-refractivity contribution in [2.75, 3.05) is 0 Å². The number of halogens is 1. The summed E-state index contributed by atoms with van der Waals surface area (Å²) in [5, 5.41) is 1.37. The highest BCUT2D eigenvalue weighted by Gasteiger charge is 2.25. The summed E-state index contributed by atoms with van der Waals surface area (Å²) in [5.74, 6) is 1.43. The van der Waals surface area contributed by atoms with Crippen molar-refractivity contribution in [3.05, 3.63) is 63.4 Å². The van der Waals surface area contributed by atoms with Crippen molar-refractivity contribution in [1.29, 1.82) is 0 Å². The Morgan fingerprint density at radius 2 is 2.00 bits per heavy atom. The predicted molar refractivity (Wildman–Crippen MR) is 103 cm³/mol. The lowest BCUT2D eigenvalue weighted by atomic mass is 10.0. The molecule has 2 aliphatic rings. The van der Waals surface area contributed by atoms with E-state index in [0.717, 1.165) is 35.4 Å². The molecule has 0 unspecified atom stereocenters. The Kier molecular flexibility index (Phi) is 3.82. The van der Waals surface area contributed by atoms with E-state index in [1.165, 1.54) is 31.2 Å². The van der Waals surface area contributed by atoms with Crippen molar-refractivity contribution >= 4 is 22.5 Å². The molecule has 2 fully saturated rings. The summed E-state index contributed by atoms with van der Waals surface area (Å²) in [4.78, 5) is 21.5. The van der Waals surface area contributed by atoms with Crippen molar-refractivity contribution in [2.45, 2.75) is 44.4 Å². The van der Waals surface area contributed by atoms with Crippen LogP contribution in [0.15, 0.2) is 41.3 Å². The Balaban J connectivity index is 1.73. The quantitative estimate of drug-likeness (QED) is 0.618. The third-order valence-corrected chi connectivity index (χ3v) is 5.80. The van der Waals surface area contributed by atoms with Crippen molar-refractivity contribution in [2.24, 2.45) is 5.92 Å². The van der Waals surface area contributed by atoms with Gasteiger partial charge in [-0.25, -0.2) is 9.78 Å². The molecule has 0 amide bonds. The van der Waals surface area contributed by atoms with Gasteiger partial charge in [-0.3, -0.25) is 4.57 Å². The average Bonchev–Trinajstić information content (AvgIpc) is 3.54. The van der Waals surface area contributed by atoms with E-state index in [9.17, 15) is 4.79 Å². The number of pyridine rings is 1.